The number of hydrogen-bond donors (Lipinski definition) is 0. The number of aliphatic imine (C=N–C) groups is 1. The molecule has 16 heavy (non-hydrogen) atoms. The molecule has 0 bridgehead atoms. The second-order valence-electron chi connectivity index (χ2n) is 3.85. The molecule has 0 unspecified atom stereocenters. The zero-order valence-corrected chi connectivity index (χ0v) is 10.3. The van der Waals surface area contributed by atoms with Crippen LogP contribution in [0.5, 0.6) is 0 Å². The van der Waals surface area contributed by atoms with E-state index in [2.05, 4.69) is 30.6 Å². The SMILES string of the molecule is C=C(CC)/C(C)=C\N=C(C)c1ccccc1. The highest BCUT2D eigenvalue weighted by Crippen LogP contribution is 2.10. The van der Waals surface area contributed by atoms with Gasteiger partial charge in [-0.05, 0) is 31.4 Å². The summed E-state index contributed by atoms with van der Waals surface area (Å²) >= 11 is 0. The topological polar surface area (TPSA) is 12.4 Å². The summed E-state index contributed by atoms with van der Waals surface area (Å²) in [6.07, 6.45) is 2.87. The average molecular weight is 213 g/mol. The van der Waals surface area contributed by atoms with Crippen LogP contribution in [0.15, 0.2) is 59.2 Å². The fourth-order valence-electron chi connectivity index (χ4n) is 1.32. The maximum Gasteiger partial charge on any atom is 0.0445 e. The third kappa shape index (κ3) is 3.50. The van der Waals surface area contributed by atoms with Crippen molar-refractivity contribution in [3.05, 3.63) is 59.8 Å². The molecule has 0 aliphatic heterocycles. The van der Waals surface area contributed by atoms with Crippen LogP contribution in [-0.2, 0) is 0 Å². The van der Waals surface area contributed by atoms with Gasteiger partial charge in [0.05, 0.1) is 0 Å². The molecule has 0 spiro atoms. The Kier molecular flexibility index (Phi) is 4.71. The standard InChI is InChI=1S/C15H19N/c1-5-12(2)13(3)11-16-14(4)15-9-7-6-8-10-15/h6-11H,2,5H2,1,3-4H3/b13-11-,16-14?. The zero-order valence-electron chi connectivity index (χ0n) is 10.3. The molecule has 0 aromatic heterocycles. The predicted octanol–water partition coefficient (Wildman–Crippen LogP) is 4.37. The molecule has 0 aliphatic rings. The van der Waals surface area contributed by atoms with E-state index >= 15 is 0 Å². The van der Waals surface area contributed by atoms with Crippen LogP contribution < -0.4 is 0 Å². The minimum atomic E-state index is 0.974. The molecule has 1 heteroatoms. The fourth-order valence-corrected chi connectivity index (χ4v) is 1.32. The zero-order chi connectivity index (χ0) is 12.0. The van der Waals surface area contributed by atoms with E-state index in [0.29, 0.717) is 0 Å². The monoisotopic (exact) mass is 213 g/mol. The lowest BCUT2D eigenvalue weighted by Gasteiger charge is -2.01. The van der Waals surface area contributed by atoms with Crippen LogP contribution >= 0.6 is 0 Å². The Balaban J connectivity index is 2.83. The molecule has 84 valence electrons. The Morgan fingerprint density at radius 3 is 2.44 bits per heavy atom. The number of rotatable bonds is 4. The van der Waals surface area contributed by atoms with Crippen LogP contribution in [-0.4, -0.2) is 5.71 Å². The van der Waals surface area contributed by atoms with Crippen LogP contribution in [0.25, 0.3) is 0 Å². The molecular weight excluding hydrogens is 194 g/mol. The molecule has 0 aliphatic carbocycles. The van der Waals surface area contributed by atoms with Gasteiger partial charge in [0.1, 0.15) is 0 Å². The van der Waals surface area contributed by atoms with Crippen molar-refractivity contribution in [3.8, 4) is 0 Å². The number of allylic oxidation sites excluding steroid dienone is 2. The van der Waals surface area contributed by atoms with Gasteiger partial charge in [-0.25, -0.2) is 0 Å². The molecule has 0 atom stereocenters. The molecule has 1 rings (SSSR count). The van der Waals surface area contributed by atoms with Gasteiger partial charge >= 0.3 is 0 Å². The van der Waals surface area contributed by atoms with Crippen molar-refractivity contribution in [2.45, 2.75) is 27.2 Å². The van der Waals surface area contributed by atoms with Gasteiger partial charge in [0.2, 0.25) is 0 Å². The van der Waals surface area contributed by atoms with Gasteiger partial charge in [-0.2, -0.15) is 0 Å². The van der Waals surface area contributed by atoms with E-state index in [-0.39, 0.29) is 0 Å². The third-order valence-corrected chi connectivity index (χ3v) is 2.63. The summed E-state index contributed by atoms with van der Waals surface area (Å²) in [5.41, 5.74) is 4.49. The van der Waals surface area contributed by atoms with Crippen molar-refractivity contribution in [2.24, 2.45) is 4.99 Å². The van der Waals surface area contributed by atoms with E-state index in [0.717, 1.165) is 28.8 Å². The van der Waals surface area contributed by atoms with E-state index in [1.54, 1.807) is 0 Å². The van der Waals surface area contributed by atoms with Gasteiger partial charge in [0.15, 0.2) is 0 Å². The maximum absolute atomic E-state index is 4.46. The molecule has 0 fully saturated rings. The van der Waals surface area contributed by atoms with Crippen molar-refractivity contribution in [3.63, 3.8) is 0 Å². The van der Waals surface area contributed by atoms with Crippen LogP contribution in [0.1, 0.15) is 32.8 Å². The molecule has 0 saturated carbocycles. The van der Waals surface area contributed by atoms with Crippen molar-refractivity contribution >= 4 is 5.71 Å². The predicted molar refractivity (Wildman–Crippen MR) is 71.8 cm³/mol. The first kappa shape index (κ1) is 12.4. The van der Waals surface area contributed by atoms with E-state index in [1.165, 1.54) is 0 Å². The van der Waals surface area contributed by atoms with Crippen molar-refractivity contribution in [1.82, 2.24) is 0 Å². The van der Waals surface area contributed by atoms with Gasteiger partial charge in [-0.1, -0.05) is 49.4 Å². The van der Waals surface area contributed by atoms with Crippen LogP contribution in [0, 0.1) is 0 Å². The van der Waals surface area contributed by atoms with Crippen molar-refractivity contribution < 1.29 is 0 Å². The van der Waals surface area contributed by atoms with Crippen LogP contribution in [0.3, 0.4) is 0 Å². The Hall–Kier alpha value is -1.63. The summed E-state index contributed by atoms with van der Waals surface area (Å²) in [4.78, 5) is 4.46. The molecule has 1 aromatic carbocycles. The van der Waals surface area contributed by atoms with E-state index in [4.69, 9.17) is 0 Å². The molecule has 0 N–H and O–H groups in total. The molecule has 0 saturated heterocycles. The first-order valence-corrected chi connectivity index (χ1v) is 5.60. The molecular formula is C15H19N. The Bertz CT molecular complexity index is 410. The van der Waals surface area contributed by atoms with Crippen LogP contribution in [0.4, 0.5) is 0 Å². The van der Waals surface area contributed by atoms with E-state index < -0.39 is 0 Å². The number of benzene rings is 1. The first-order valence-electron chi connectivity index (χ1n) is 5.60. The summed E-state index contributed by atoms with van der Waals surface area (Å²) in [5.74, 6) is 0. The summed E-state index contributed by atoms with van der Waals surface area (Å²) in [5, 5.41) is 0. The fraction of sp³-hybridized carbons (Fsp3) is 0.267. The molecule has 1 nitrogen and oxygen atoms in total. The van der Waals surface area contributed by atoms with Gasteiger partial charge < -0.3 is 0 Å². The van der Waals surface area contributed by atoms with Crippen molar-refractivity contribution in [1.29, 1.82) is 0 Å². The van der Waals surface area contributed by atoms with E-state index in [1.807, 2.05) is 38.2 Å². The largest absolute Gasteiger partial charge is 0.261 e. The summed E-state index contributed by atoms with van der Waals surface area (Å²) in [6, 6.07) is 10.2. The normalized spacial score (nSPS) is 12.7. The smallest absolute Gasteiger partial charge is 0.0445 e. The Morgan fingerprint density at radius 1 is 1.25 bits per heavy atom. The number of nitrogens with zero attached hydrogens (tertiary/aromatic N) is 1. The summed E-state index contributed by atoms with van der Waals surface area (Å²) in [6.45, 7) is 10.2. The Morgan fingerprint density at radius 2 is 1.88 bits per heavy atom. The Labute approximate surface area is 98.2 Å². The van der Waals surface area contributed by atoms with Crippen LogP contribution in [0.2, 0.25) is 0 Å². The highest BCUT2D eigenvalue weighted by atomic mass is 14.7. The van der Waals surface area contributed by atoms with Gasteiger partial charge in [-0.15, -0.1) is 0 Å². The third-order valence-electron chi connectivity index (χ3n) is 2.63. The number of hydrogen-bond acceptors (Lipinski definition) is 1. The summed E-state index contributed by atoms with van der Waals surface area (Å²) < 4.78 is 0. The lowest BCUT2D eigenvalue weighted by Crippen LogP contribution is -1.92. The highest BCUT2D eigenvalue weighted by molar-refractivity contribution is 5.99. The summed E-state index contributed by atoms with van der Waals surface area (Å²) in [7, 11) is 0. The quantitative estimate of drug-likeness (QED) is 0.520. The van der Waals surface area contributed by atoms with Gasteiger partial charge in [0.25, 0.3) is 0 Å². The van der Waals surface area contributed by atoms with E-state index in [9.17, 15) is 0 Å². The lowest BCUT2D eigenvalue weighted by molar-refractivity contribution is 1.11. The molecule has 0 radical (unpaired) electrons. The molecule has 0 heterocycles. The van der Waals surface area contributed by atoms with Gasteiger partial charge in [0, 0.05) is 11.9 Å². The second-order valence-corrected chi connectivity index (χ2v) is 3.85. The molecule has 1 aromatic rings. The van der Waals surface area contributed by atoms with Crippen molar-refractivity contribution in [2.75, 3.05) is 0 Å². The second kappa shape index (κ2) is 6.06. The highest BCUT2D eigenvalue weighted by Gasteiger charge is 1.95. The lowest BCUT2D eigenvalue weighted by atomic mass is 10.1. The first-order chi connectivity index (χ1) is 7.65. The minimum absolute atomic E-state index is 0.974. The van der Waals surface area contributed by atoms with Gasteiger partial charge in [-0.3, -0.25) is 4.99 Å². The minimum Gasteiger partial charge on any atom is -0.261 e. The average Bonchev–Trinajstić information content (AvgIpc) is 2.35. The molecule has 0 amide bonds. The maximum atomic E-state index is 4.46.